The summed E-state index contributed by atoms with van der Waals surface area (Å²) in [6, 6.07) is 5.98. The zero-order valence-corrected chi connectivity index (χ0v) is 10.1. The minimum Gasteiger partial charge on any atom is -0.394 e. The molecule has 2 rings (SSSR count). The molecular weight excluding hydrogens is 262 g/mol. The van der Waals surface area contributed by atoms with Crippen LogP contribution >= 0.6 is 27.7 Å². The van der Waals surface area contributed by atoms with Gasteiger partial charge < -0.3 is 10.8 Å². The Kier molecular flexibility index (Phi) is 2.88. The first-order chi connectivity index (χ1) is 6.67. The molecule has 1 unspecified atom stereocenters. The summed E-state index contributed by atoms with van der Waals surface area (Å²) in [5.41, 5.74) is 6.66. The van der Waals surface area contributed by atoms with Gasteiger partial charge in [0.1, 0.15) is 0 Å². The highest BCUT2D eigenvalue weighted by Crippen LogP contribution is 2.42. The predicted molar refractivity (Wildman–Crippen MR) is 62.4 cm³/mol. The maximum absolute atomic E-state index is 9.34. The molecule has 1 atom stereocenters. The van der Waals surface area contributed by atoms with Crippen molar-refractivity contribution in [1.29, 1.82) is 0 Å². The number of fused-ring (bicyclic) bond motifs is 1. The monoisotopic (exact) mass is 273 g/mol. The SMILES string of the molecule is NC1(CO)CCSc2c(Br)cccc21. The second-order valence-electron chi connectivity index (χ2n) is 3.53. The average molecular weight is 274 g/mol. The maximum Gasteiger partial charge on any atom is 0.0663 e. The Balaban J connectivity index is 2.55. The van der Waals surface area contributed by atoms with Gasteiger partial charge in [0.25, 0.3) is 0 Å². The normalized spacial score (nSPS) is 25.9. The van der Waals surface area contributed by atoms with Crippen molar-refractivity contribution in [3.05, 3.63) is 28.2 Å². The number of thioether (sulfide) groups is 1. The van der Waals surface area contributed by atoms with Crippen LogP contribution in [0.1, 0.15) is 12.0 Å². The summed E-state index contributed by atoms with van der Waals surface area (Å²) >= 11 is 5.30. The van der Waals surface area contributed by atoms with Gasteiger partial charge in [0.05, 0.1) is 12.1 Å². The molecule has 1 aromatic rings. The van der Waals surface area contributed by atoms with Crippen molar-refractivity contribution >= 4 is 27.7 Å². The number of nitrogens with two attached hydrogens (primary N) is 1. The summed E-state index contributed by atoms with van der Waals surface area (Å²) in [7, 11) is 0. The first kappa shape index (κ1) is 10.5. The zero-order valence-electron chi connectivity index (χ0n) is 7.66. The molecule has 0 saturated carbocycles. The van der Waals surface area contributed by atoms with E-state index in [2.05, 4.69) is 15.9 Å². The van der Waals surface area contributed by atoms with Gasteiger partial charge in [-0.15, -0.1) is 11.8 Å². The standard InChI is InChI=1S/C10H12BrNOS/c11-8-3-1-2-7-9(8)14-5-4-10(7,12)6-13/h1-3,13H,4-6,12H2. The highest BCUT2D eigenvalue weighted by atomic mass is 79.9. The van der Waals surface area contributed by atoms with Crippen molar-refractivity contribution in [1.82, 2.24) is 0 Å². The molecule has 1 aromatic carbocycles. The van der Waals surface area contributed by atoms with E-state index in [-0.39, 0.29) is 6.61 Å². The summed E-state index contributed by atoms with van der Waals surface area (Å²) in [5, 5.41) is 9.34. The average Bonchev–Trinajstić information content (AvgIpc) is 2.20. The lowest BCUT2D eigenvalue weighted by Crippen LogP contribution is -2.43. The molecule has 0 radical (unpaired) electrons. The highest BCUT2D eigenvalue weighted by Gasteiger charge is 2.33. The Labute approximate surface area is 96.0 Å². The van der Waals surface area contributed by atoms with Crippen LogP contribution < -0.4 is 5.73 Å². The molecule has 76 valence electrons. The molecule has 0 aliphatic carbocycles. The van der Waals surface area contributed by atoms with E-state index in [9.17, 15) is 5.11 Å². The predicted octanol–water partition coefficient (Wildman–Crippen LogP) is 2.09. The second kappa shape index (κ2) is 3.85. The van der Waals surface area contributed by atoms with Gasteiger partial charge in [-0.25, -0.2) is 0 Å². The van der Waals surface area contributed by atoms with Gasteiger partial charge in [0.2, 0.25) is 0 Å². The van der Waals surface area contributed by atoms with Gasteiger partial charge in [0, 0.05) is 15.1 Å². The number of benzene rings is 1. The molecule has 0 aromatic heterocycles. The van der Waals surface area contributed by atoms with Crippen LogP contribution in [0.15, 0.2) is 27.6 Å². The van der Waals surface area contributed by atoms with Crippen LogP contribution in [-0.2, 0) is 5.54 Å². The Morgan fingerprint density at radius 2 is 2.36 bits per heavy atom. The first-order valence-corrected chi connectivity index (χ1v) is 6.27. The molecule has 0 amide bonds. The van der Waals surface area contributed by atoms with Gasteiger partial charge in [-0.2, -0.15) is 0 Å². The molecule has 1 aliphatic heterocycles. The number of halogens is 1. The van der Waals surface area contributed by atoms with E-state index in [0.29, 0.717) is 0 Å². The Hall–Kier alpha value is -0.0300. The molecule has 0 spiro atoms. The summed E-state index contributed by atoms with van der Waals surface area (Å²) in [6.45, 7) is 0.0109. The topological polar surface area (TPSA) is 46.2 Å². The van der Waals surface area contributed by atoms with Gasteiger partial charge >= 0.3 is 0 Å². The first-order valence-electron chi connectivity index (χ1n) is 4.49. The van der Waals surface area contributed by atoms with Crippen LogP contribution in [0.5, 0.6) is 0 Å². The number of rotatable bonds is 1. The summed E-state index contributed by atoms with van der Waals surface area (Å²) in [5.74, 6) is 0.965. The quantitative estimate of drug-likeness (QED) is 0.824. The summed E-state index contributed by atoms with van der Waals surface area (Å²) in [6.07, 6.45) is 0.831. The van der Waals surface area contributed by atoms with Gasteiger partial charge in [0.15, 0.2) is 0 Å². The fourth-order valence-electron chi connectivity index (χ4n) is 1.68. The van der Waals surface area contributed by atoms with Crippen molar-refractivity contribution < 1.29 is 5.11 Å². The van der Waals surface area contributed by atoms with E-state index in [4.69, 9.17) is 5.73 Å². The molecule has 2 nitrogen and oxygen atoms in total. The van der Waals surface area contributed by atoms with Crippen molar-refractivity contribution in [2.24, 2.45) is 5.73 Å². The van der Waals surface area contributed by atoms with Crippen LogP contribution in [-0.4, -0.2) is 17.5 Å². The third kappa shape index (κ3) is 1.60. The highest BCUT2D eigenvalue weighted by molar-refractivity contribution is 9.10. The molecular formula is C10H12BrNOS. The Morgan fingerprint density at radius 1 is 1.57 bits per heavy atom. The van der Waals surface area contributed by atoms with Crippen molar-refractivity contribution in [3.8, 4) is 0 Å². The second-order valence-corrected chi connectivity index (χ2v) is 5.49. The van der Waals surface area contributed by atoms with E-state index in [1.807, 2.05) is 18.2 Å². The molecule has 0 fully saturated rings. The third-order valence-electron chi connectivity index (χ3n) is 2.58. The van der Waals surface area contributed by atoms with Crippen molar-refractivity contribution in [3.63, 3.8) is 0 Å². The molecule has 14 heavy (non-hydrogen) atoms. The molecule has 0 saturated heterocycles. The molecule has 3 N–H and O–H groups in total. The fourth-order valence-corrected chi connectivity index (χ4v) is 3.69. The van der Waals surface area contributed by atoms with E-state index >= 15 is 0 Å². The van der Waals surface area contributed by atoms with E-state index in [0.717, 1.165) is 22.2 Å². The largest absolute Gasteiger partial charge is 0.394 e. The molecule has 1 heterocycles. The van der Waals surface area contributed by atoms with Crippen LogP contribution in [0.2, 0.25) is 0 Å². The Morgan fingerprint density at radius 3 is 3.07 bits per heavy atom. The van der Waals surface area contributed by atoms with Gasteiger partial charge in [-0.05, 0) is 34.0 Å². The number of hydrogen-bond acceptors (Lipinski definition) is 3. The van der Waals surface area contributed by atoms with Gasteiger partial charge in [-0.1, -0.05) is 12.1 Å². The maximum atomic E-state index is 9.34. The van der Waals surface area contributed by atoms with E-state index < -0.39 is 5.54 Å². The minimum atomic E-state index is -0.551. The Bertz CT molecular complexity index is 358. The number of hydrogen-bond donors (Lipinski definition) is 2. The van der Waals surface area contributed by atoms with E-state index in [1.54, 1.807) is 11.8 Å². The summed E-state index contributed by atoms with van der Waals surface area (Å²) < 4.78 is 1.07. The number of aliphatic hydroxyl groups excluding tert-OH is 1. The van der Waals surface area contributed by atoms with E-state index in [1.165, 1.54) is 4.90 Å². The van der Waals surface area contributed by atoms with Crippen LogP contribution in [0, 0.1) is 0 Å². The lowest BCUT2D eigenvalue weighted by atomic mass is 9.89. The van der Waals surface area contributed by atoms with Crippen molar-refractivity contribution in [2.45, 2.75) is 16.9 Å². The smallest absolute Gasteiger partial charge is 0.0663 e. The lowest BCUT2D eigenvalue weighted by Gasteiger charge is -2.34. The van der Waals surface area contributed by atoms with Gasteiger partial charge in [-0.3, -0.25) is 0 Å². The minimum absolute atomic E-state index is 0.0109. The van der Waals surface area contributed by atoms with Crippen LogP contribution in [0.3, 0.4) is 0 Å². The molecule has 1 aliphatic rings. The molecule has 0 bridgehead atoms. The lowest BCUT2D eigenvalue weighted by molar-refractivity contribution is 0.189. The zero-order chi connectivity index (χ0) is 10.2. The number of aliphatic hydroxyl groups is 1. The summed E-state index contributed by atoms with van der Waals surface area (Å²) in [4.78, 5) is 1.18. The van der Waals surface area contributed by atoms with Crippen molar-refractivity contribution in [2.75, 3.05) is 12.4 Å². The fraction of sp³-hybridized carbons (Fsp3) is 0.400. The van der Waals surface area contributed by atoms with Crippen LogP contribution in [0.4, 0.5) is 0 Å². The molecule has 4 heteroatoms. The third-order valence-corrected chi connectivity index (χ3v) is 4.64. The van der Waals surface area contributed by atoms with Crippen LogP contribution in [0.25, 0.3) is 0 Å².